The SMILES string of the molecule is CC1=CC(=O)[C@@H](O)[C@@]2(C)[C@H]1[C@@H](O)C1OC(=O)C3[C@@H](C)[C@@H](O)[C@H](O)[C@H]2[C@]31C. The van der Waals surface area contributed by atoms with Crippen LogP contribution in [0.3, 0.4) is 0 Å². The topological polar surface area (TPSA) is 124 Å². The van der Waals surface area contributed by atoms with Crippen LogP contribution in [-0.2, 0) is 14.3 Å². The van der Waals surface area contributed by atoms with Crippen molar-refractivity contribution >= 4 is 11.8 Å². The van der Waals surface area contributed by atoms with E-state index in [9.17, 15) is 30.0 Å². The van der Waals surface area contributed by atoms with Crippen LogP contribution in [0, 0.1) is 34.5 Å². The van der Waals surface area contributed by atoms with Crippen LogP contribution in [-0.4, -0.2) is 62.7 Å². The minimum Gasteiger partial charge on any atom is -0.459 e. The summed E-state index contributed by atoms with van der Waals surface area (Å²) in [4.78, 5) is 25.0. The standard InChI is InChI=1S/C19H26O7/c1-6-5-8(20)15(24)18(3)9(6)12(22)16-19(4)10(17(25)26-16)7(2)11(21)13(23)14(18)19/h5,7,9-16,21-24H,1-4H3/t7-,9-,10?,11-,12-,13+,14-,15-,16?,18+,19+/m1/s1. The van der Waals surface area contributed by atoms with Gasteiger partial charge in [-0.15, -0.1) is 0 Å². The molecule has 26 heavy (non-hydrogen) atoms. The molecule has 3 aliphatic carbocycles. The number of esters is 1. The molecule has 144 valence electrons. The second-order valence-corrected chi connectivity index (χ2v) is 9.05. The van der Waals surface area contributed by atoms with Crippen molar-refractivity contribution < 1.29 is 34.8 Å². The monoisotopic (exact) mass is 366 g/mol. The summed E-state index contributed by atoms with van der Waals surface area (Å²) in [6.45, 7) is 6.80. The molecule has 2 saturated carbocycles. The van der Waals surface area contributed by atoms with Gasteiger partial charge in [0.1, 0.15) is 12.2 Å². The van der Waals surface area contributed by atoms with Gasteiger partial charge < -0.3 is 25.2 Å². The number of aliphatic hydroxyl groups is 4. The number of rotatable bonds is 0. The molecular formula is C19H26O7. The fourth-order valence-corrected chi connectivity index (χ4v) is 6.99. The van der Waals surface area contributed by atoms with Gasteiger partial charge in [0.2, 0.25) is 0 Å². The Bertz CT molecular complexity index is 717. The molecule has 0 radical (unpaired) electrons. The van der Waals surface area contributed by atoms with Gasteiger partial charge in [-0.05, 0) is 18.9 Å². The first-order valence-electron chi connectivity index (χ1n) is 9.13. The van der Waals surface area contributed by atoms with E-state index in [1.165, 1.54) is 6.08 Å². The molecule has 4 aliphatic rings. The Balaban J connectivity index is 2.00. The minimum atomic E-state index is -1.44. The number of carbonyl (C=O) groups is 2. The highest BCUT2D eigenvalue weighted by Gasteiger charge is 2.77. The number of hydrogen-bond acceptors (Lipinski definition) is 7. The second kappa shape index (κ2) is 5.16. The first-order chi connectivity index (χ1) is 12.0. The Labute approximate surface area is 151 Å². The van der Waals surface area contributed by atoms with E-state index in [1.807, 2.05) is 0 Å². The number of hydrogen-bond donors (Lipinski definition) is 4. The van der Waals surface area contributed by atoms with Crippen LogP contribution in [0.2, 0.25) is 0 Å². The molecule has 3 fully saturated rings. The van der Waals surface area contributed by atoms with Crippen molar-refractivity contribution in [3.63, 3.8) is 0 Å². The van der Waals surface area contributed by atoms with E-state index in [4.69, 9.17) is 4.74 Å². The van der Waals surface area contributed by atoms with Crippen LogP contribution < -0.4 is 0 Å². The van der Waals surface area contributed by atoms with Gasteiger partial charge in [0.25, 0.3) is 0 Å². The van der Waals surface area contributed by atoms with Gasteiger partial charge in [0, 0.05) is 22.7 Å². The fourth-order valence-electron chi connectivity index (χ4n) is 6.99. The van der Waals surface area contributed by atoms with Gasteiger partial charge in [-0.1, -0.05) is 26.3 Å². The van der Waals surface area contributed by atoms with E-state index >= 15 is 0 Å². The molecule has 1 saturated heterocycles. The van der Waals surface area contributed by atoms with Crippen molar-refractivity contribution in [2.24, 2.45) is 34.5 Å². The Morgan fingerprint density at radius 1 is 0.962 bits per heavy atom. The van der Waals surface area contributed by atoms with E-state index in [0.29, 0.717) is 5.57 Å². The first kappa shape index (κ1) is 18.1. The fraction of sp³-hybridized carbons (Fsp3) is 0.789. The van der Waals surface area contributed by atoms with Gasteiger partial charge in [-0.25, -0.2) is 0 Å². The number of aliphatic hydroxyl groups excluding tert-OH is 4. The van der Waals surface area contributed by atoms with Gasteiger partial charge >= 0.3 is 5.97 Å². The molecule has 2 unspecified atom stereocenters. The van der Waals surface area contributed by atoms with E-state index in [1.54, 1.807) is 27.7 Å². The van der Waals surface area contributed by atoms with Gasteiger partial charge in [0.15, 0.2) is 5.78 Å². The lowest BCUT2D eigenvalue weighted by atomic mass is 9.39. The van der Waals surface area contributed by atoms with Gasteiger partial charge in [-0.2, -0.15) is 0 Å². The highest BCUT2D eigenvalue weighted by molar-refractivity contribution is 5.96. The predicted molar refractivity (Wildman–Crippen MR) is 88.5 cm³/mol. The maximum atomic E-state index is 12.6. The van der Waals surface area contributed by atoms with Gasteiger partial charge in [0.05, 0.1) is 24.2 Å². The summed E-state index contributed by atoms with van der Waals surface area (Å²) >= 11 is 0. The Morgan fingerprint density at radius 3 is 2.19 bits per heavy atom. The number of ether oxygens (including phenoxy) is 1. The zero-order valence-electron chi connectivity index (χ0n) is 15.3. The maximum absolute atomic E-state index is 12.6. The van der Waals surface area contributed by atoms with Crippen molar-refractivity contribution in [1.82, 2.24) is 0 Å². The third-order valence-electron chi connectivity index (χ3n) is 7.92. The highest BCUT2D eigenvalue weighted by atomic mass is 16.6. The third kappa shape index (κ3) is 1.73. The van der Waals surface area contributed by atoms with Crippen molar-refractivity contribution in [3.8, 4) is 0 Å². The second-order valence-electron chi connectivity index (χ2n) is 9.05. The van der Waals surface area contributed by atoms with Crippen molar-refractivity contribution in [2.75, 3.05) is 0 Å². The average molecular weight is 366 g/mol. The molecule has 4 N–H and O–H groups in total. The molecule has 1 aliphatic heterocycles. The molecule has 0 spiro atoms. The van der Waals surface area contributed by atoms with Crippen LogP contribution in [0.4, 0.5) is 0 Å². The molecular weight excluding hydrogens is 340 g/mol. The van der Waals surface area contributed by atoms with Crippen LogP contribution >= 0.6 is 0 Å². The number of fused-ring (bicyclic) bond motifs is 2. The highest BCUT2D eigenvalue weighted by Crippen LogP contribution is 2.68. The van der Waals surface area contributed by atoms with E-state index in [-0.39, 0.29) is 0 Å². The molecule has 7 nitrogen and oxygen atoms in total. The maximum Gasteiger partial charge on any atom is 0.310 e. The first-order valence-corrected chi connectivity index (χ1v) is 9.13. The third-order valence-corrected chi connectivity index (χ3v) is 7.92. The number of carbonyl (C=O) groups excluding carboxylic acids is 2. The van der Waals surface area contributed by atoms with Crippen LogP contribution in [0.25, 0.3) is 0 Å². The number of ketones is 1. The molecule has 0 aromatic rings. The van der Waals surface area contributed by atoms with Gasteiger partial charge in [-0.3, -0.25) is 9.59 Å². The normalized spacial score (nSPS) is 58.6. The lowest BCUT2D eigenvalue weighted by Gasteiger charge is -2.65. The van der Waals surface area contributed by atoms with E-state index < -0.39 is 76.8 Å². The summed E-state index contributed by atoms with van der Waals surface area (Å²) < 4.78 is 5.56. The quantitative estimate of drug-likeness (QED) is 0.422. The lowest BCUT2D eigenvalue weighted by Crippen LogP contribution is -2.74. The minimum absolute atomic E-state index is 0.488. The van der Waals surface area contributed by atoms with E-state index in [2.05, 4.69) is 0 Å². The summed E-state index contributed by atoms with van der Waals surface area (Å²) in [5.41, 5.74) is -1.65. The summed E-state index contributed by atoms with van der Waals surface area (Å²) in [5.74, 6) is -3.75. The predicted octanol–water partition coefficient (Wildman–Crippen LogP) is -0.591. The van der Waals surface area contributed by atoms with Crippen molar-refractivity contribution in [3.05, 3.63) is 11.6 Å². The molecule has 1 heterocycles. The Hall–Kier alpha value is -1.28. The summed E-state index contributed by atoms with van der Waals surface area (Å²) in [6.07, 6.45) is -4.55. The molecule has 7 heteroatoms. The smallest absolute Gasteiger partial charge is 0.310 e. The van der Waals surface area contributed by atoms with Crippen LogP contribution in [0.15, 0.2) is 11.6 Å². The van der Waals surface area contributed by atoms with Crippen LogP contribution in [0.5, 0.6) is 0 Å². The molecule has 11 atom stereocenters. The van der Waals surface area contributed by atoms with E-state index in [0.717, 1.165) is 0 Å². The molecule has 0 bridgehead atoms. The molecule has 4 rings (SSSR count). The summed E-state index contributed by atoms with van der Waals surface area (Å²) in [7, 11) is 0. The zero-order chi connectivity index (χ0) is 19.3. The average Bonchev–Trinajstić information content (AvgIpc) is 2.81. The molecule has 0 amide bonds. The van der Waals surface area contributed by atoms with Crippen molar-refractivity contribution in [1.29, 1.82) is 0 Å². The summed E-state index contributed by atoms with van der Waals surface area (Å²) in [6, 6.07) is 0. The van der Waals surface area contributed by atoms with Crippen molar-refractivity contribution in [2.45, 2.75) is 58.2 Å². The Kier molecular flexibility index (Phi) is 3.59. The molecule has 0 aromatic heterocycles. The summed E-state index contributed by atoms with van der Waals surface area (Å²) in [5, 5.41) is 43.6. The Morgan fingerprint density at radius 2 is 1.58 bits per heavy atom. The molecule has 0 aromatic carbocycles. The van der Waals surface area contributed by atoms with Crippen LogP contribution in [0.1, 0.15) is 27.7 Å². The lowest BCUT2D eigenvalue weighted by molar-refractivity contribution is -0.266. The largest absolute Gasteiger partial charge is 0.459 e. The zero-order valence-corrected chi connectivity index (χ0v) is 15.3.